The minimum atomic E-state index is -0.991. The first kappa shape index (κ1) is 29.5. The molecule has 1 fully saturated rings. The molecule has 35 heavy (non-hydrogen) atoms. The molecule has 0 aliphatic carbocycles. The highest BCUT2D eigenvalue weighted by atomic mass is 127. The second kappa shape index (κ2) is 12.5. The van der Waals surface area contributed by atoms with Crippen molar-refractivity contribution in [2.45, 2.75) is 71.5 Å². The van der Waals surface area contributed by atoms with Crippen LogP contribution in [0.25, 0.3) is 16.8 Å². The molecule has 0 saturated carbocycles. The predicted molar refractivity (Wildman–Crippen MR) is 154 cm³/mol. The number of rotatable bonds is 6. The van der Waals surface area contributed by atoms with E-state index in [1.54, 1.807) is 6.20 Å². The van der Waals surface area contributed by atoms with Gasteiger partial charge in [0.1, 0.15) is 5.82 Å². The summed E-state index contributed by atoms with van der Waals surface area (Å²) in [5.41, 5.74) is 6.26. The summed E-state index contributed by atoms with van der Waals surface area (Å²) >= 11 is 2.08. The van der Waals surface area contributed by atoms with Crippen molar-refractivity contribution in [3.05, 3.63) is 47.9 Å². The minimum absolute atomic E-state index is 0.00483. The zero-order chi connectivity index (χ0) is 26.4. The van der Waals surface area contributed by atoms with Crippen LogP contribution in [0.4, 0.5) is 14.6 Å². The van der Waals surface area contributed by atoms with Crippen LogP contribution in [0, 0.1) is 11.6 Å². The monoisotopic (exact) mass is 616 g/mol. The van der Waals surface area contributed by atoms with E-state index in [4.69, 9.17) is 5.73 Å². The molecule has 0 radical (unpaired) electrons. The number of nitrogens with zero attached hydrogens (tertiary/aromatic N) is 4. The smallest absolute Gasteiger partial charge is 0.168 e. The Bertz CT molecular complexity index is 1040. The number of hydrogen-bond acceptors (Lipinski definition) is 6. The third-order valence-corrected chi connectivity index (χ3v) is 6.88. The van der Waals surface area contributed by atoms with Gasteiger partial charge in [0.05, 0.1) is 24.5 Å². The molecule has 1 saturated heterocycles. The van der Waals surface area contributed by atoms with Crippen molar-refractivity contribution in [1.29, 1.82) is 0 Å². The molecule has 1 aliphatic rings. The van der Waals surface area contributed by atoms with Crippen LogP contribution >= 0.6 is 28.4 Å². The number of aromatic nitrogens is 2. The molecule has 6 nitrogen and oxygen atoms in total. The van der Waals surface area contributed by atoms with Crippen molar-refractivity contribution in [3.8, 4) is 11.3 Å². The Labute approximate surface area is 222 Å². The van der Waals surface area contributed by atoms with Crippen LogP contribution in [-0.4, -0.2) is 40.3 Å². The lowest BCUT2D eigenvalue weighted by Crippen LogP contribution is -2.62. The van der Waals surface area contributed by atoms with E-state index in [-0.39, 0.29) is 40.3 Å². The van der Waals surface area contributed by atoms with E-state index >= 15 is 0 Å². The normalized spacial score (nSPS) is 18.1. The fraction of sp³-hybridized carbons (Fsp3) is 0.480. The summed E-state index contributed by atoms with van der Waals surface area (Å²) in [6.07, 6.45) is 7.92. The summed E-state index contributed by atoms with van der Waals surface area (Å²) in [4.78, 5) is 11.0. The first-order valence-corrected chi connectivity index (χ1v) is 15.7. The predicted octanol–water partition coefficient (Wildman–Crippen LogP) is 6.51. The molecule has 1 aromatic carbocycles. The maximum absolute atomic E-state index is 14.9. The third kappa shape index (κ3) is 7.40. The zero-order valence-corrected chi connectivity index (χ0v) is 24.6. The molecular weight excluding hydrogens is 580 g/mol. The first-order chi connectivity index (χ1) is 16.5. The number of allylic oxidation sites excluding steroid dienone is 1. The summed E-state index contributed by atoms with van der Waals surface area (Å²) in [6, 6.07) is 3.24. The van der Waals surface area contributed by atoms with E-state index in [9.17, 15) is 8.78 Å². The summed E-state index contributed by atoms with van der Waals surface area (Å²) in [5, 5.41) is 3.68. The highest BCUT2D eigenvalue weighted by Crippen LogP contribution is 2.33. The van der Waals surface area contributed by atoms with Crippen LogP contribution in [0.2, 0.25) is 0 Å². The zero-order valence-electron chi connectivity index (χ0n) is 21.5. The largest absolute Gasteiger partial charge is 0.404 e. The Morgan fingerprint density at radius 1 is 1.14 bits per heavy atom. The SMILES string of the molecule is CC.CN(c1cnc(-c2ccc(C(=C/N)/C=N/PI)c(F)c2F)cn1)C1CC(C)(C)NC(C)(C)C1. The Hall–Kier alpha value is -1.71. The van der Waals surface area contributed by atoms with E-state index in [1.807, 2.05) is 20.9 Å². The number of nitrogens with one attached hydrogen (secondary N) is 1. The highest BCUT2D eigenvalue weighted by Gasteiger charge is 2.39. The van der Waals surface area contributed by atoms with Gasteiger partial charge in [0.25, 0.3) is 0 Å². The maximum Gasteiger partial charge on any atom is 0.168 e. The Morgan fingerprint density at radius 2 is 1.77 bits per heavy atom. The first-order valence-electron chi connectivity index (χ1n) is 11.6. The molecule has 0 bridgehead atoms. The Balaban J connectivity index is 0.00000210. The molecule has 1 aliphatic heterocycles. The summed E-state index contributed by atoms with van der Waals surface area (Å²) in [6.45, 7) is 12.8. The van der Waals surface area contributed by atoms with Gasteiger partial charge in [-0.1, -0.05) is 19.9 Å². The lowest BCUT2D eigenvalue weighted by Gasteiger charge is -2.49. The van der Waals surface area contributed by atoms with Crippen molar-refractivity contribution in [2.75, 3.05) is 11.9 Å². The van der Waals surface area contributed by atoms with Gasteiger partial charge in [-0.05, 0) is 68.6 Å². The molecule has 1 atom stereocenters. The number of halogens is 3. The van der Waals surface area contributed by atoms with Gasteiger partial charge in [0, 0.05) is 53.3 Å². The molecule has 192 valence electrons. The Kier molecular flexibility index (Phi) is 10.5. The molecule has 10 heteroatoms. The van der Waals surface area contributed by atoms with Crippen molar-refractivity contribution in [3.63, 3.8) is 0 Å². The number of anilines is 1. The number of nitrogens with two attached hydrogens (primary N) is 1. The van der Waals surface area contributed by atoms with Gasteiger partial charge in [-0.2, -0.15) is 0 Å². The fourth-order valence-corrected chi connectivity index (χ4v) is 5.24. The van der Waals surface area contributed by atoms with Gasteiger partial charge >= 0.3 is 0 Å². The molecule has 1 unspecified atom stereocenters. The van der Waals surface area contributed by atoms with E-state index < -0.39 is 11.6 Å². The molecule has 3 N–H and O–H groups in total. The van der Waals surface area contributed by atoms with Crippen LogP contribution in [0.5, 0.6) is 0 Å². The lowest BCUT2D eigenvalue weighted by atomic mass is 9.79. The van der Waals surface area contributed by atoms with Gasteiger partial charge in [0.15, 0.2) is 11.6 Å². The van der Waals surface area contributed by atoms with Gasteiger partial charge in [-0.3, -0.25) is 9.75 Å². The van der Waals surface area contributed by atoms with Gasteiger partial charge in [0.2, 0.25) is 0 Å². The number of piperidine rings is 1. The second-order valence-corrected chi connectivity index (χ2v) is 11.5. The van der Waals surface area contributed by atoms with Crippen molar-refractivity contribution >= 4 is 46.0 Å². The fourth-order valence-electron chi connectivity index (χ4n) is 4.64. The van der Waals surface area contributed by atoms with Crippen LogP contribution in [-0.2, 0) is 0 Å². The van der Waals surface area contributed by atoms with E-state index in [0.717, 1.165) is 12.8 Å². The molecular formula is C25H36F2IN6P. The summed E-state index contributed by atoms with van der Waals surface area (Å²) in [5.74, 6) is -1.29. The standard InChI is InChI=1S/C23H30F2IN6P.C2H6/c1-22(2)8-15(9-23(3,4)31-22)32(5)19-13-28-18(12-29-19)17-7-6-16(20(24)21(17)25)14(10-27)11-30-33-26;1-2/h6-7,10-13,15,31,33H,8-9,27H2,1-5H3;1-2H3/b14-10+,30-11+;. The van der Waals surface area contributed by atoms with Crippen molar-refractivity contribution in [2.24, 2.45) is 10.5 Å². The second-order valence-electron chi connectivity index (χ2n) is 9.58. The van der Waals surface area contributed by atoms with Crippen molar-refractivity contribution in [1.82, 2.24) is 15.3 Å². The minimum Gasteiger partial charge on any atom is -0.404 e. The van der Waals surface area contributed by atoms with Crippen molar-refractivity contribution < 1.29 is 8.78 Å². The van der Waals surface area contributed by atoms with E-state index in [1.165, 1.54) is 30.7 Å². The van der Waals surface area contributed by atoms with Gasteiger partial charge in [-0.15, -0.1) is 0 Å². The van der Waals surface area contributed by atoms with Crippen LogP contribution in [0.1, 0.15) is 59.9 Å². The van der Waals surface area contributed by atoms with Crippen LogP contribution in [0.3, 0.4) is 0 Å². The topological polar surface area (TPSA) is 79.4 Å². The molecule has 2 aromatic rings. The maximum atomic E-state index is 14.9. The van der Waals surface area contributed by atoms with E-state index in [2.05, 4.69) is 74.7 Å². The average Bonchev–Trinajstić information content (AvgIpc) is 2.81. The number of hydrogen-bond donors (Lipinski definition) is 2. The molecule has 3 rings (SSSR count). The molecule has 1 aromatic heterocycles. The average molecular weight is 616 g/mol. The molecule has 2 heterocycles. The third-order valence-electron chi connectivity index (χ3n) is 5.82. The van der Waals surface area contributed by atoms with Gasteiger partial charge in [-0.25, -0.2) is 13.8 Å². The highest BCUT2D eigenvalue weighted by molar-refractivity contribution is 14.2. The van der Waals surface area contributed by atoms with Crippen LogP contribution in [0.15, 0.2) is 35.5 Å². The summed E-state index contributed by atoms with van der Waals surface area (Å²) < 4.78 is 33.8. The lowest BCUT2D eigenvalue weighted by molar-refractivity contribution is 0.160. The summed E-state index contributed by atoms with van der Waals surface area (Å²) in [7, 11) is 2.00. The Morgan fingerprint density at radius 3 is 2.29 bits per heavy atom. The number of benzene rings is 1. The van der Waals surface area contributed by atoms with E-state index in [0.29, 0.717) is 11.4 Å². The van der Waals surface area contributed by atoms with Gasteiger partial charge < -0.3 is 16.0 Å². The molecule has 0 spiro atoms. The van der Waals surface area contributed by atoms with Crippen LogP contribution < -0.4 is 16.0 Å². The quantitative estimate of drug-likeness (QED) is 0.220. The molecule has 0 amide bonds.